The molecule has 2 fully saturated rings. The molecule has 3 rings (SSSR count). The van der Waals surface area contributed by atoms with Crippen molar-refractivity contribution >= 4 is 17.9 Å². The first-order valence-electron chi connectivity index (χ1n) is 10.4. The van der Waals surface area contributed by atoms with Crippen molar-refractivity contribution < 1.29 is 24.2 Å². The van der Waals surface area contributed by atoms with Gasteiger partial charge in [-0.25, -0.2) is 9.78 Å². The largest absolute Gasteiger partial charge is 0.481 e. The van der Waals surface area contributed by atoms with E-state index >= 15 is 0 Å². The van der Waals surface area contributed by atoms with E-state index in [2.05, 4.69) is 15.6 Å². The van der Waals surface area contributed by atoms with Crippen LogP contribution >= 0.6 is 0 Å². The number of nitrogens with two attached hydrogens (primary N) is 1. The molecule has 1 unspecified atom stereocenters. The van der Waals surface area contributed by atoms with Crippen LogP contribution in [0.2, 0.25) is 0 Å². The Morgan fingerprint density at radius 2 is 2.00 bits per heavy atom. The number of aliphatic carboxylic acids is 1. The number of carbonyl (C=O) groups excluding carboxylic acids is 2. The van der Waals surface area contributed by atoms with Crippen LogP contribution in [0.15, 0.2) is 18.3 Å². The normalized spacial score (nSPS) is 25.7. The predicted molar refractivity (Wildman–Crippen MR) is 109 cm³/mol. The molecular formula is C21H30N4O5. The molecule has 9 nitrogen and oxygen atoms in total. The lowest BCUT2D eigenvalue weighted by Gasteiger charge is -2.57. The van der Waals surface area contributed by atoms with Gasteiger partial charge in [0.15, 0.2) is 0 Å². The molecule has 0 aromatic carbocycles. The van der Waals surface area contributed by atoms with Crippen molar-refractivity contribution in [3.63, 3.8) is 0 Å². The van der Waals surface area contributed by atoms with Gasteiger partial charge < -0.3 is 26.2 Å². The minimum absolute atomic E-state index is 0.0138. The van der Waals surface area contributed by atoms with Gasteiger partial charge >= 0.3 is 12.0 Å². The van der Waals surface area contributed by atoms with Crippen LogP contribution in [0.3, 0.4) is 0 Å². The summed E-state index contributed by atoms with van der Waals surface area (Å²) in [4.78, 5) is 38.9. The second-order valence-electron chi connectivity index (χ2n) is 8.99. The van der Waals surface area contributed by atoms with Crippen LogP contribution < -0.4 is 21.1 Å². The van der Waals surface area contributed by atoms with Gasteiger partial charge in [0, 0.05) is 18.8 Å². The van der Waals surface area contributed by atoms with Gasteiger partial charge in [0.05, 0.1) is 5.92 Å². The number of nitrogens with one attached hydrogen (secondary N) is 2. The van der Waals surface area contributed by atoms with Gasteiger partial charge in [0.25, 0.3) is 5.91 Å². The molecule has 164 valence electrons. The maximum absolute atomic E-state index is 12.1. The summed E-state index contributed by atoms with van der Waals surface area (Å²) in [6, 6.07) is 2.99. The highest BCUT2D eigenvalue weighted by atomic mass is 16.5. The molecule has 5 N–H and O–H groups in total. The Bertz CT molecular complexity index is 798. The van der Waals surface area contributed by atoms with Gasteiger partial charge in [0.1, 0.15) is 11.7 Å². The number of aromatic nitrogens is 1. The second-order valence-corrected chi connectivity index (χ2v) is 8.99. The SMILES string of the molecule is CC(C)CC(CNC(=O)NC1CC2(C1)CC(Oc1ncccc1C(N)=O)C2)C(=O)O. The molecule has 0 bridgehead atoms. The summed E-state index contributed by atoms with van der Waals surface area (Å²) in [7, 11) is 0. The fraction of sp³-hybridized carbons (Fsp3) is 0.619. The summed E-state index contributed by atoms with van der Waals surface area (Å²) >= 11 is 0. The standard InChI is InChI=1S/C21H30N4O5/c1-12(2)6-13(19(27)28)11-24-20(29)25-14-7-21(8-14)9-15(10-21)30-18-16(17(22)26)4-3-5-23-18/h3-5,12-15H,6-11H2,1-2H3,(H2,22,26)(H,27,28)(H2,24,25,29). The average Bonchev–Trinajstić information content (AvgIpc) is 2.61. The van der Waals surface area contributed by atoms with Crippen LogP contribution in [0.25, 0.3) is 0 Å². The molecule has 2 aliphatic rings. The number of ether oxygens (including phenoxy) is 1. The molecule has 2 saturated carbocycles. The number of hydrogen-bond donors (Lipinski definition) is 4. The number of urea groups is 1. The molecule has 1 spiro atoms. The summed E-state index contributed by atoms with van der Waals surface area (Å²) in [5.41, 5.74) is 5.79. The first-order valence-corrected chi connectivity index (χ1v) is 10.4. The van der Waals surface area contributed by atoms with Gasteiger partial charge in [-0.1, -0.05) is 13.8 Å². The van der Waals surface area contributed by atoms with E-state index in [1.54, 1.807) is 18.3 Å². The Morgan fingerprint density at radius 3 is 2.60 bits per heavy atom. The number of carboxylic acid groups (broad SMARTS) is 1. The van der Waals surface area contributed by atoms with Crippen molar-refractivity contribution in [1.82, 2.24) is 15.6 Å². The highest BCUT2D eigenvalue weighted by molar-refractivity contribution is 5.94. The van der Waals surface area contributed by atoms with Crippen LogP contribution in [-0.4, -0.2) is 46.7 Å². The number of nitrogens with zero attached hydrogens (tertiary/aromatic N) is 1. The van der Waals surface area contributed by atoms with E-state index in [1.807, 2.05) is 13.8 Å². The monoisotopic (exact) mass is 418 g/mol. The van der Waals surface area contributed by atoms with Crippen molar-refractivity contribution in [2.45, 2.75) is 58.1 Å². The van der Waals surface area contributed by atoms with Crippen LogP contribution in [0.1, 0.15) is 56.3 Å². The van der Waals surface area contributed by atoms with Crippen molar-refractivity contribution in [3.8, 4) is 5.88 Å². The van der Waals surface area contributed by atoms with E-state index in [0.29, 0.717) is 6.42 Å². The molecule has 3 amide bonds. The fourth-order valence-corrected chi connectivity index (χ4v) is 4.53. The molecule has 1 atom stereocenters. The molecule has 0 aliphatic heterocycles. The summed E-state index contributed by atoms with van der Waals surface area (Å²) in [5.74, 6) is -1.51. The zero-order chi connectivity index (χ0) is 21.9. The number of carbonyl (C=O) groups is 3. The average molecular weight is 418 g/mol. The Hall–Kier alpha value is -2.84. The Labute approximate surface area is 175 Å². The lowest BCUT2D eigenvalue weighted by Crippen LogP contribution is -2.60. The second kappa shape index (κ2) is 8.89. The first kappa shape index (κ1) is 21.9. The van der Waals surface area contributed by atoms with E-state index in [4.69, 9.17) is 10.5 Å². The third-order valence-electron chi connectivity index (χ3n) is 5.94. The number of pyridine rings is 1. The van der Waals surface area contributed by atoms with E-state index in [9.17, 15) is 19.5 Å². The Balaban J connectivity index is 1.37. The molecule has 1 heterocycles. The lowest BCUT2D eigenvalue weighted by atomic mass is 9.53. The van der Waals surface area contributed by atoms with Gasteiger partial charge in [-0.15, -0.1) is 0 Å². The Kier molecular flexibility index (Phi) is 6.48. The van der Waals surface area contributed by atoms with Gasteiger partial charge in [-0.3, -0.25) is 9.59 Å². The fourth-order valence-electron chi connectivity index (χ4n) is 4.53. The number of rotatable bonds is 9. The van der Waals surface area contributed by atoms with Crippen molar-refractivity contribution in [1.29, 1.82) is 0 Å². The van der Waals surface area contributed by atoms with Crippen LogP contribution in [-0.2, 0) is 4.79 Å². The molecule has 9 heteroatoms. The summed E-state index contributed by atoms with van der Waals surface area (Å²) < 4.78 is 5.84. The Morgan fingerprint density at radius 1 is 1.30 bits per heavy atom. The molecule has 0 radical (unpaired) electrons. The lowest BCUT2D eigenvalue weighted by molar-refractivity contribution is -0.142. The topological polar surface area (TPSA) is 144 Å². The molecule has 1 aromatic rings. The number of amides is 3. The van der Waals surface area contributed by atoms with E-state index in [1.165, 1.54) is 0 Å². The molecular weight excluding hydrogens is 388 g/mol. The summed E-state index contributed by atoms with van der Waals surface area (Å²) in [6.45, 7) is 4.04. The minimum atomic E-state index is -0.889. The molecule has 0 saturated heterocycles. The zero-order valence-corrected chi connectivity index (χ0v) is 17.4. The summed E-state index contributed by atoms with van der Waals surface area (Å²) in [5, 5.41) is 14.8. The smallest absolute Gasteiger partial charge is 0.315 e. The predicted octanol–water partition coefficient (Wildman–Crippen LogP) is 1.92. The third kappa shape index (κ3) is 5.20. The number of primary amides is 1. The maximum Gasteiger partial charge on any atom is 0.315 e. The number of carboxylic acids is 1. The van der Waals surface area contributed by atoms with Crippen LogP contribution in [0.4, 0.5) is 4.79 Å². The van der Waals surface area contributed by atoms with E-state index in [-0.39, 0.29) is 47.5 Å². The van der Waals surface area contributed by atoms with Gasteiger partial charge in [-0.05, 0) is 55.6 Å². The minimum Gasteiger partial charge on any atom is -0.481 e. The third-order valence-corrected chi connectivity index (χ3v) is 5.94. The van der Waals surface area contributed by atoms with Gasteiger partial charge in [0.2, 0.25) is 5.88 Å². The van der Waals surface area contributed by atoms with Crippen LogP contribution in [0, 0.1) is 17.3 Å². The van der Waals surface area contributed by atoms with Crippen molar-refractivity contribution in [2.75, 3.05) is 6.54 Å². The van der Waals surface area contributed by atoms with Gasteiger partial charge in [-0.2, -0.15) is 0 Å². The highest BCUT2D eigenvalue weighted by Crippen LogP contribution is 2.56. The van der Waals surface area contributed by atoms with E-state index < -0.39 is 17.8 Å². The number of hydrogen-bond acceptors (Lipinski definition) is 5. The van der Waals surface area contributed by atoms with Crippen molar-refractivity contribution in [3.05, 3.63) is 23.9 Å². The highest BCUT2D eigenvalue weighted by Gasteiger charge is 2.54. The molecule has 1 aromatic heterocycles. The molecule has 2 aliphatic carbocycles. The maximum atomic E-state index is 12.1. The van der Waals surface area contributed by atoms with E-state index in [0.717, 1.165) is 25.7 Å². The molecule has 30 heavy (non-hydrogen) atoms. The quantitative estimate of drug-likeness (QED) is 0.482. The summed E-state index contributed by atoms with van der Waals surface area (Å²) in [6.07, 6.45) is 5.48. The van der Waals surface area contributed by atoms with Crippen LogP contribution in [0.5, 0.6) is 5.88 Å². The van der Waals surface area contributed by atoms with Crippen molar-refractivity contribution in [2.24, 2.45) is 23.0 Å². The zero-order valence-electron chi connectivity index (χ0n) is 17.4. The first-order chi connectivity index (χ1) is 14.2.